The van der Waals surface area contributed by atoms with Gasteiger partial charge in [-0.15, -0.1) is 11.3 Å². The van der Waals surface area contributed by atoms with Gasteiger partial charge in [-0.25, -0.2) is 0 Å². The second-order valence-corrected chi connectivity index (χ2v) is 7.00. The molecule has 0 aromatic carbocycles. The molecule has 0 radical (unpaired) electrons. The van der Waals surface area contributed by atoms with Crippen LogP contribution in [0.5, 0.6) is 0 Å². The lowest BCUT2D eigenvalue weighted by molar-refractivity contribution is -0.136. The first-order chi connectivity index (χ1) is 9.15. The number of hydrogen-bond acceptors (Lipinski definition) is 3. The van der Waals surface area contributed by atoms with Gasteiger partial charge in [-0.1, -0.05) is 6.07 Å². The van der Waals surface area contributed by atoms with Gasteiger partial charge in [-0.05, 0) is 37.6 Å². The van der Waals surface area contributed by atoms with Gasteiger partial charge in [0.2, 0.25) is 5.91 Å². The van der Waals surface area contributed by atoms with Crippen molar-refractivity contribution in [3.05, 3.63) is 22.4 Å². The Labute approximate surface area is 119 Å². The summed E-state index contributed by atoms with van der Waals surface area (Å²) in [6.07, 6.45) is 4.44. The Balaban J connectivity index is 1.60. The molecular weight excluding hydrogens is 256 g/mol. The van der Waals surface area contributed by atoms with E-state index < -0.39 is 0 Å². The zero-order valence-electron chi connectivity index (χ0n) is 11.6. The summed E-state index contributed by atoms with van der Waals surface area (Å²) in [5.41, 5.74) is 0. The van der Waals surface area contributed by atoms with Crippen LogP contribution in [0.25, 0.3) is 0 Å². The normalized spacial score (nSPS) is 30.5. The van der Waals surface area contributed by atoms with Crippen molar-refractivity contribution in [1.82, 2.24) is 10.2 Å². The molecule has 4 atom stereocenters. The molecule has 3 heterocycles. The fourth-order valence-corrected chi connectivity index (χ4v) is 4.26. The number of thiophene rings is 1. The van der Waals surface area contributed by atoms with Gasteiger partial charge in [0.1, 0.15) is 0 Å². The van der Waals surface area contributed by atoms with Crippen molar-refractivity contribution in [1.29, 1.82) is 0 Å². The van der Waals surface area contributed by atoms with Crippen molar-refractivity contribution in [2.45, 2.75) is 50.7 Å². The number of carbonyl (C=O) groups excluding carboxylic acids is 1. The molecule has 0 aliphatic carbocycles. The predicted octanol–water partition coefficient (Wildman–Crippen LogP) is 2.28. The fourth-order valence-electron chi connectivity index (χ4n) is 3.43. The second-order valence-electron chi connectivity index (χ2n) is 5.97. The summed E-state index contributed by atoms with van der Waals surface area (Å²) in [6.45, 7) is 2.15. The number of fused-ring (bicyclic) bond motifs is 2. The van der Waals surface area contributed by atoms with E-state index in [-0.39, 0.29) is 12.0 Å². The number of rotatable bonds is 4. The molecule has 3 nitrogen and oxygen atoms in total. The van der Waals surface area contributed by atoms with E-state index in [0.717, 1.165) is 12.8 Å². The molecule has 2 aliphatic heterocycles. The van der Waals surface area contributed by atoms with Crippen LogP contribution >= 0.6 is 11.3 Å². The van der Waals surface area contributed by atoms with Crippen LogP contribution in [0, 0.1) is 5.92 Å². The van der Waals surface area contributed by atoms with E-state index in [9.17, 15) is 4.79 Å². The molecule has 1 aromatic rings. The summed E-state index contributed by atoms with van der Waals surface area (Å²) in [5, 5.41) is 5.65. The van der Waals surface area contributed by atoms with Crippen LogP contribution in [0.1, 0.15) is 31.1 Å². The molecule has 2 bridgehead atoms. The molecule has 19 heavy (non-hydrogen) atoms. The quantitative estimate of drug-likeness (QED) is 0.916. The highest BCUT2D eigenvalue weighted by Crippen LogP contribution is 2.34. The molecule has 3 rings (SSSR count). The van der Waals surface area contributed by atoms with Crippen LogP contribution in [0.4, 0.5) is 0 Å². The van der Waals surface area contributed by atoms with Gasteiger partial charge >= 0.3 is 0 Å². The first-order valence-corrected chi connectivity index (χ1v) is 8.08. The summed E-state index contributed by atoms with van der Waals surface area (Å²) in [7, 11) is 1.96. The van der Waals surface area contributed by atoms with E-state index in [2.05, 4.69) is 29.8 Å². The number of carbonyl (C=O) groups is 1. The first kappa shape index (κ1) is 13.1. The highest BCUT2D eigenvalue weighted by Gasteiger charge is 2.44. The van der Waals surface area contributed by atoms with Gasteiger partial charge in [0, 0.05) is 36.5 Å². The fraction of sp³-hybridized carbons (Fsp3) is 0.667. The minimum atomic E-state index is 0.217. The molecular formula is C15H22N2OS. The SMILES string of the molecule is CC(Cc1cccs1)N(C)C(=O)C1CC2CCC1N2. The molecule has 0 spiro atoms. The van der Waals surface area contributed by atoms with Crippen LogP contribution in [0.15, 0.2) is 17.5 Å². The van der Waals surface area contributed by atoms with Crippen molar-refractivity contribution >= 4 is 17.2 Å². The largest absolute Gasteiger partial charge is 0.342 e. The Hall–Kier alpha value is -0.870. The van der Waals surface area contributed by atoms with Gasteiger partial charge in [-0.2, -0.15) is 0 Å². The van der Waals surface area contributed by atoms with Gasteiger partial charge in [0.05, 0.1) is 5.92 Å². The summed E-state index contributed by atoms with van der Waals surface area (Å²) in [5.74, 6) is 0.554. The summed E-state index contributed by atoms with van der Waals surface area (Å²) >= 11 is 1.77. The molecule has 1 amide bonds. The molecule has 4 unspecified atom stereocenters. The zero-order chi connectivity index (χ0) is 13.4. The second kappa shape index (κ2) is 5.25. The maximum Gasteiger partial charge on any atom is 0.227 e. The number of nitrogens with one attached hydrogen (secondary N) is 1. The van der Waals surface area contributed by atoms with Crippen molar-refractivity contribution in [3.8, 4) is 0 Å². The Morgan fingerprint density at radius 1 is 1.58 bits per heavy atom. The van der Waals surface area contributed by atoms with E-state index in [1.165, 1.54) is 17.7 Å². The predicted molar refractivity (Wildman–Crippen MR) is 78.3 cm³/mol. The van der Waals surface area contributed by atoms with E-state index >= 15 is 0 Å². The first-order valence-electron chi connectivity index (χ1n) is 7.20. The van der Waals surface area contributed by atoms with Crippen LogP contribution in [-0.2, 0) is 11.2 Å². The number of amides is 1. The van der Waals surface area contributed by atoms with Crippen molar-refractivity contribution in [3.63, 3.8) is 0 Å². The maximum absolute atomic E-state index is 12.6. The molecule has 2 saturated heterocycles. The molecule has 104 valence electrons. The smallest absolute Gasteiger partial charge is 0.227 e. The molecule has 1 aromatic heterocycles. The van der Waals surface area contributed by atoms with E-state index in [1.54, 1.807) is 11.3 Å². The van der Waals surface area contributed by atoms with E-state index in [4.69, 9.17) is 0 Å². The molecule has 0 saturated carbocycles. The van der Waals surface area contributed by atoms with Crippen molar-refractivity contribution in [2.24, 2.45) is 5.92 Å². The van der Waals surface area contributed by atoms with Gasteiger partial charge in [0.25, 0.3) is 0 Å². The standard InChI is InChI=1S/C15H22N2OS/c1-10(8-12-4-3-7-19-12)17(2)15(18)13-9-11-5-6-14(13)16-11/h3-4,7,10-11,13-14,16H,5-6,8-9H2,1-2H3. The third kappa shape index (κ3) is 2.56. The third-order valence-corrected chi connectivity index (χ3v) is 5.60. The van der Waals surface area contributed by atoms with E-state index in [0.29, 0.717) is 18.0 Å². The third-order valence-electron chi connectivity index (χ3n) is 4.70. The molecule has 2 aliphatic rings. The van der Waals surface area contributed by atoms with Crippen LogP contribution in [-0.4, -0.2) is 36.0 Å². The van der Waals surface area contributed by atoms with Crippen LogP contribution in [0.3, 0.4) is 0 Å². The number of nitrogens with zero attached hydrogens (tertiary/aromatic N) is 1. The van der Waals surface area contributed by atoms with Gasteiger partial charge in [0.15, 0.2) is 0 Å². The highest BCUT2D eigenvalue weighted by atomic mass is 32.1. The van der Waals surface area contributed by atoms with Crippen molar-refractivity contribution in [2.75, 3.05) is 7.05 Å². The highest BCUT2D eigenvalue weighted by molar-refractivity contribution is 7.09. The molecule has 1 N–H and O–H groups in total. The van der Waals surface area contributed by atoms with Crippen molar-refractivity contribution < 1.29 is 4.79 Å². The van der Waals surface area contributed by atoms with E-state index in [1.807, 2.05) is 11.9 Å². The summed E-state index contributed by atoms with van der Waals surface area (Å²) in [4.78, 5) is 15.9. The topological polar surface area (TPSA) is 32.3 Å². The monoisotopic (exact) mass is 278 g/mol. The summed E-state index contributed by atoms with van der Waals surface area (Å²) in [6, 6.07) is 5.55. The molecule has 4 heteroatoms. The van der Waals surface area contributed by atoms with Gasteiger partial charge < -0.3 is 10.2 Å². The zero-order valence-corrected chi connectivity index (χ0v) is 12.5. The minimum absolute atomic E-state index is 0.217. The molecule has 2 fully saturated rings. The number of hydrogen-bond donors (Lipinski definition) is 1. The summed E-state index contributed by atoms with van der Waals surface area (Å²) < 4.78 is 0. The Kier molecular flexibility index (Phi) is 3.63. The average Bonchev–Trinajstić information content (AvgIpc) is 3.13. The van der Waals surface area contributed by atoms with Gasteiger partial charge in [-0.3, -0.25) is 4.79 Å². The Morgan fingerprint density at radius 2 is 2.42 bits per heavy atom. The average molecular weight is 278 g/mol. The Morgan fingerprint density at radius 3 is 3.00 bits per heavy atom. The van der Waals surface area contributed by atoms with Crippen LogP contribution in [0.2, 0.25) is 0 Å². The minimum Gasteiger partial charge on any atom is -0.342 e. The number of likely N-dealkylation sites (N-methyl/N-ethyl adjacent to an activating group) is 1. The lowest BCUT2D eigenvalue weighted by atomic mass is 9.88. The lowest BCUT2D eigenvalue weighted by Gasteiger charge is -2.30. The maximum atomic E-state index is 12.6. The Bertz CT molecular complexity index is 445. The lowest BCUT2D eigenvalue weighted by Crippen LogP contribution is -2.43. The van der Waals surface area contributed by atoms with Crippen LogP contribution < -0.4 is 5.32 Å².